The Morgan fingerprint density at radius 1 is 1.03 bits per heavy atom. The molecule has 0 aromatic heterocycles. The third-order valence-corrected chi connectivity index (χ3v) is 7.86. The molecule has 4 heterocycles. The van der Waals surface area contributed by atoms with Crippen LogP contribution in [-0.2, 0) is 30.4 Å². The third kappa shape index (κ3) is 4.06. The van der Waals surface area contributed by atoms with Crippen LogP contribution in [0, 0.1) is 11.8 Å². The number of aliphatic hydroxyl groups is 1. The minimum Gasteiger partial charge on any atom is -0.465 e. The first-order chi connectivity index (χ1) is 17.4. The number of fused-ring (bicyclic) bond motifs is 2. The molecule has 0 saturated carbocycles. The number of amides is 2. The van der Waals surface area contributed by atoms with Gasteiger partial charge in [-0.15, -0.1) is 0 Å². The summed E-state index contributed by atoms with van der Waals surface area (Å²) in [6.45, 7) is 2.97. The molecule has 4 aliphatic rings. The molecule has 0 radical (unpaired) electrons. The standard InChI is InChI=1S/C28H34N2O6/c1-27-13-7-2-3-8-18-35-26(34)22(27)21-24(32)30(16-10-17-31)23-25(33)29(15-9-14-28(21,23)36-27)19-20-11-5-4-6-12-20/h4-7,9,11-14,21-23,31H,2-3,8,10,15-19H2,1H3/b13-7-/t21-,22-,23?,27+,28-/m0/s1. The summed E-state index contributed by atoms with van der Waals surface area (Å²) in [7, 11) is 0. The first-order valence-corrected chi connectivity index (χ1v) is 12.9. The van der Waals surface area contributed by atoms with E-state index in [1.165, 1.54) is 4.90 Å². The minimum absolute atomic E-state index is 0.112. The second-order valence-electron chi connectivity index (χ2n) is 10.3. The van der Waals surface area contributed by atoms with Crippen LogP contribution in [0.3, 0.4) is 0 Å². The lowest BCUT2D eigenvalue weighted by molar-refractivity contribution is -0.160. The number of aliphatic hydroxyl groups excluding tert-OH is 1. The summed E-state index contributed by atoms with van der Waals surface area (Å²) in [5, 5.41) is 9.51. The van der Waals surface area contributed by atoms with Gasteiger partial charge in [-0.25, -0.2) is 0 Å². The van der Waals surface area contributed by atoms with Crippen molar-refractivity contribution in [2.75, 3.05) is 26.3 Å². The summed E-state index contributed by atoms with van der Waals surface area (Å²) >= 11 is 0. The van der Waals surface area contributed by atoms with Gasteiger partial charge in [0.05, 0.1) is 18.1 Å². The summed E-state index contributed by atoms with van der Waals surface area (Å²) in [6, 6.07) is 8.78. The van der Waals surface area contributed by atoms with Crippen molar-refractivity contribution in [1.82, 2.24) is 9.80 Å². The van der Waals surface area contributed by atoms with Gasteiger partial charge in [0.2, 0.25) is 11.8 Å². The van der Waals surface area contributed by atoms with Gasteiger partial charge in [0, 0.05) is 26.2 Å². The Labute approximate surface area is 211 Å². The van der Waals surface area contributed by atoms with Gasteiger partial charge in [-0.3, -0.25) is 14.4 Å². The predicted molar refractivity (Wildman–Crippen MR) is 131 cm³/mol. The highest BCUT2D eigenvalue weighted by molar-refractivity contribution is 5.99. The number of esters is 1. The molecule has 2 fully saturated rings. The van der Waals surface area contributed by atoms with E-state index in [0.717, 1.165) is 24.8 Å². The van der Waals surface area contributed by atoms with E-state index < -0.39 is 35.0 Å². The van der Waals surface area contributed by atoms with Crippen molar-refractivity contribution in [1.29, 1.82) is 0 Å². The molecule has 36 heavy (non-hydrogen) atoms. The molecule has 8 heteroatoms. The van der Waals surface area contributed by atoms with Crippen LogP contribution in [0.25, 0.3) is 0 Å². The summed E-state index contributed by atoms with van der Waals surface area (Å²) in [6.07, 6.45) is 10.4. The fourth-order valence-electron chi connectivity index (χ4n) is 6.27. The van der Waals surface area contributed by atoms with Crippen LogP contribution in [0.1, 0.15) is 38.2 Å². The fraction of sp³-hybridized carbons (Fsp3) is 0.536. The molecule has 0 bridgehead atoms. The van der Waals surface area contributed by atoms with Crippen molar-refractivity contribution in [3.05, 3.63) is 60.2 Å². The molecule has 0 aliphatic carbocycles. The van der Waals surface area contributed by atoms with E-state index >= 15 is 0 Å². The van der Waals surface area contributed by atoms with Gasteiger partial charge in [0.1, 0.15) is 17.6 Å². The number of likely N-dealkylation sites (tertiary alicyclic amines) is 1. The molecule has 5 rings (SSSR count). The zero-order valence-electron chi connectivity index (χ0n) is 20.7. The number of rotatable bonds is 5. The summed E-state index contributed by atoms with van der Waals surface area (Å²) in [5.74, 6) is -2.75. The van der Waals surface area contributed by atoms with E-state index in [1.54, 1.807) is 4.90 Å². The number of ether oxygens (including phenoxy) is 2. The van der Waals surface area contributed by atoms with Crippen LogP contribution < -0.4 is 0 Å². The Kier molecular flexibility index (Phi) is 6.74. The van der Waals surface area contributed by atoms with Crippen LogP contribution in [0.2, 0.25) is 0 Å². The number of hydrogen-bond acceptors (Lipinski definition) is 6. The lowest BCUT2D eigenvalue weighted by Gasteiger charge is -2.37. The number of allylic oxidation sites excluding steroid dienone is 1. The maximum Gasteiger partial charge on any atom is 0.313 e. The molecule has 1 N–H and O–H groups in total. The Morgan fingerprint density at radius 3 is 2.61 bits per heavy atom. The SMILES string of the molecule is C[C@@]12/C=C\CCCCOC(=O)[C@@H]1[C@H]1C(=O)N(CCCO)C3C(=O)N(Cc4ccccc4)CC=C[C@@]31O2. The molecule has 8 nitrogen and oxygen atoms in total. The summed E-state index contributed by atoms with van der Waals surface area (Å²) in [4.78, 5) is 44.8. The highest BCUT2D eigenvalue weighted by atomic mass is 16.6. The number of nitrogens with zero attached hydrogens (tertiary/aromatic N) is 2. The van der Waals surface area contributed by atoms with E-state index in [4.69, 9.17) is 9.47 Å². The van der Waals surface area contributed by atoms with Crippen molar-refractivity contribution in [2.24, 2.45) is 11.8 Å². The quantitative estimate of drug-likeness (QED) is 0.498. The number of carbonyl (C=O) groups is 3. The molecule has 4 aliphatic heterocycles. The van der Waals surface area contributed by atoms with E-state index in [9.17, 15) is 19.5 Å². The van der Waals surface area contributed by atoms with Crippen LogP contribution in [0.5, 0.6) is 0 Å². The highest BCUT2D eigenvalue weighted by Gasteiger charge is 2.74. The predicted octanol–water partition coefficient (Wildman–Crippen LogP) is 2.22. The van der Waals surface area contributed by atoms with Gasteiger partial charge in [-0.2, -0.15) is 0 Å². The van der Waals surface area contributed by atoms with E-state index in [0.29, 0.717) is 26.1 Å². The molecule has 2 saturated heterocycles. The number of benzene rings is 1. The number of carbonyl (C=O) groups excluding carboxylic acids is 3. The van der Waals surface area contributed by atoms with Crippen molar-refractivity contribution >= 4 is 17.8 Å². The maximum absolute atomic E-state index is 14.1. The van der Waals surface area contributed by atoms with Crippen molar-refractivity contribution in [3.8, 4) is 0 Å². The van der Waals surface area contributed by atoms with E-state index in [-0.39, 0.29) is 25.0 Å². The maximum atomic E-state index is 14.1. The molecule has 5 atom stereocenters. The van der Waals surface area contributed by atoms with Crippen LogP contribution in [0.4, 0.5) is 0 Å². The highest BCUT2D eigenvalue weighted by Crippen LogP contribution is 2.57. The third-order valence-electron chi connectivity index (χ3n) is 7.86. The fourth-order valence-corrected chi connectivity index (χ4v) is 6.27. The Morgan fingerprint density at radius 2 is 1.83 bits per heavy atom. The zero-order chi connectivity index (χ0) is 25.3. The summed E-state index contributed by atoms with van der Waals surface area (Å²) < 4.78 is 12.4. The van der Waals surface area contributed by atoms with E-state index in [2.05, 4.69) is 0 Å². The largest absolute Gasteiger partial charge is 0.465 e. The molecule has 2 amide bonds. The molecular weight excluding hydrogens is 460 g/mol. The minimum atomic E-state index is -1.30. The summed E-state index contributed by atoms with van der Waals surface area (Å²) in [5.41, 5.74) is -1.40. The van der Waals surface area contributed by atoms with Crippen molar-refractivity contribution < 1.29 is 29.0 Å². The van der Waals surface area contributed by atoms with Gasteiger partial charge in [-0.1, -0.05) is 54.6 Å². The average Bonchev–Trinajstić information content (AvgIpc) is 3.20. The van der Waals surface area contributed by atoms with Gasteiger partial charge in [0.25, 0.3) is 0 Å². The Hall–Kier alpha value is -2.97. The lowest BCUT2D eigenvalue weighted by Crippen LogP contribution is -2.55. The number of cyclic esters (lactones) is 1. The van der Waals surface area contributed by atoms with E-state index in [1.807, 2.05) is 61.6 Å². The van der Waals surface area contributed by atoms with Crippen molar-refractivity contribution in [2.45, 2.75) is 56.4 Å². The first-order valence-electron chi connectivity index (χ1n) is 12.9. The molecule has 1 aromatic rings. The average molecular weight is 495 g/mol. The molecule has 1 aromatic carbocycles. The second kappa shape index (κ2) is 9.82. The van der Waals surface area contributed by atoms with Gasteiger partial charge >= 0.3 is 5.97 Å². The normalized spacial score (nSPS) is 35.1. The van der Waals surface area contributed by atoms with Crippen LogP contribution >= 0.6 is 0 Å². The van der Waals surface area contributed by atoms with Gasteiger partial charge in [0.15, 0.2) is 0 Å². The van der Waals surface area contributed by atoms with Crippen LogP contribution in [0.15, 0.2) is 54.6 Å². The first kappa shape index (κ1) is 24.7. The smallest absolute Gasteiger partial charge is 0.313 e. The molecule has 1 spiro atoms. The zero-order valence-corrected chi connectivity index (χ0v) is 20.7. The number of hydrogen-bond donors (Lipinski definition) is 1. The molecule has 192 valence electrons. The monoisotopic (exact) mass is 494 g/mol. The lowest BCUT2D eigenvalue weighted by atomic mass is 9.74. The van der Waals surface area contributed by atoms with Gasteiger partial charge < -0.3 is 24.4 Å². The van der Waals surface area contributed by atoms with Crippen molar-refractivity contribution in [3.63, 3.8) is 0 Å². The Bertz CT molecular complexity index is 1070. The Balaban J connectivity index is 1.58. The van der Waals surface area contributed by atoms with Crippen LogP contribution in [-0.4, -0.2) is 76.2 Å². The second-order valence-corrected chi connectivity index (χ2v) is 10.3. The van der Waals surface area contributed by atoms with Gasteiger partial charge in [-0.05, 0) is 38.2 Å². The molecule has 1 unspecified atom stereocenters. The topological polar surface area (TPSA) is 96.4 Å². The molecular formula is C28H34N2O6.